The molecule has 1 aromatic heterocycles. The molecular formula is C11H10F3N3. The number of nitrogens with one attached hydrogen (secondary N) is 1. The van der Waals surface area contributed by atoms with Gasteiger partial charge in [-0.25, -0.2) is 4.68 Å². The fourth-order valence-electron chi connectivity index (χ4n) is 1.53. The van der Waals surface area contributed by atoms with Gasteiger partial charge < -0.3 is 5.32 Å². The second-order valence-electron chi connectivity index (χ2n) is 3.43. The third-order valence-corrected chi connectivity index (χ3v) is 2.34. The summed E-state index contributed by atoms with van der Waals surface area (Å²) in [6, 6.07) is 5.42. The minimum atomic E-state index is -4.40. The molecule has 0 aliphatic heterocycles. The van der Waals surface area contributed by atoms with Gasteiger partial charge in [0.25, 0.3) is 0 Å². The number of halogens is 3. The van der Waals surface area contributed by atoms with Crippen molar-refractivity contribution in [3.8, 4) is 5.69 Å². The Labute approximate surface area is 95.9 Å². The molecule has 0 fully saturated rings. The maximum atomic E-state index is 12.8. The maximum Gasteiger partial charge on any atom is 0.418 e. The van der Waals surface area contributed by atoms with Gasteiger partial charge in [0.05, 0.1) is 11.3 Å². The summed E-state index contributed by atoms with van der Waals surface area (Å²) in [5, 5.41) is 6.62. The molecule has 2 rings (SSSR count). The highest BCUT2D eigenvalue weighted by Crippen LogP contribution is 2.34. The number of rotatable bonds is 2. The molecule has 0 unspecified atom stereocenters. The van der Waals surface area contributed by atoms with E-state index in [-0.39, 0.29) is 5.69 Å². The molecular weight excluding hydrogens is 231 g/mol. The Kier molecular flexibility index (Phi) is 2.79. The average Bonchev–Trinajstić information content (AvgIpc) is 2.80. The molecule has 0 amide bonds. The van der Waals surface area contributed by atoms with Gasteiger partial charge in [-0.05, 0) is 24.3 Å². The van der Waals surface area contributed by atoms with E-state index in [1.165, 1.54) is 29.2 Å². The highest BCUT2D eigenvalue weighted by Gasteiger charge is 2.34. The molecule has 6 heteroatoms. The quantitative estimate of drug-likeness (QED) is 0.876. The predicted molar refractivity (Wildman–Crippen MR) is 58.1 cm³/mol. The first-order chi connectivity index (χ1) is 8.02. The number of nitrogens with zero attached hydrogens (tertiary/aromatic N) is 2. The van der Waals surface area contributed by atoms with Crippen LogP contribution in [0.15, 0.2) is 36.7 Å². The van der Waals surface area contributed by atoms with Crippen LogP contribution >= 0.6 is 0 Å². The normalized spacial score (nSPS) is 11.5. The molecule has 1 N–H and O–H groups in total. The molecule has 0 saturated carbocycles. The first-order valence-corrected chi connectivity index (χ1v) is 4.91. The minimum absolute atomic E-state index is 0.00866. The van der Waals surface area contributed by atoms with Gasteiger partial charge in [-0.15, -0.1) is 0 Å². The van der Waals surface area contributed by atoms with Gasteiger partial charge >= 0.3 is 6.18 Å². The van der Waals surface area contributed by atoms with Gasteiger partial charge in [0.15, 0.2) is 0 Å². The number of benzene rings is 1. The molecule has 2 aromatic rings. The summed E-state index contributed by atoms with van der Waals surface area (Å²) in [5.74, 6) is 0. The lowest BCUT2D eigenvalue weighted by atomic mass is 10.1. The Morgan fingerprint density at radius 1 is 1.29 bits per heavy atom. The molecule has 17 heavy (non-hydrogen) atoms. The fourth-order valence-corrected chi connectivity index (χ4v) is 1.53. The number of anilines is 1. The molecule has 0 spiro atoms. The molecule has 0 saturated heterocycles. The van der Waals surface area contributed by atoms with Crippen molar-refractivity contribution in [2.45, 2.75) is 6.18 Å². The summed E-state index contributed by atoms with van der Waals surface area (Å²) >= 11 is 0. The molecule has 1 heterocycles. The minimum Gasteiger partial charge on any atom is -0.388 e. The first-order valence-electron chi connectivity index (χ1n) is 4.91. The van der Waals surface area contributed by atoms with E-state index in [0.29, 0.717) is 5.69 Å². The summed E-state index contributed by atoms with van der Waals surface area (Å²) in [4.78, 5) is 0. The van der Waals surface area contributed by atoms with Crippen LogP contribution in [0.4, 0.5) is 18.9 Å². The Morgan fingerprint density at radius 2 is 2.06 bits per heavy atom. The third-order valence-electron chi connectivity index (χ3n) is 2.34. The number of aromatic nitrogens is 2. The van der Waals surface area contributed by atoms with E-state index in [1.54, 1.807) is 13.1 Å². The van der Waals surface area contributed by atoms with E-state index in [9.17, 15) is 13.2 Å². The zero-order valence-corrected chi connectivity index (χ0v) is 8.99. The van der Waals surface area contributed by atoms with Crippen LogP contribution in [0, 0.1) is 0 Å². The smallest absolute Gasteiger partial charge is 0.388 e. The van der Waals surface area contributed by atoms with Crippen molar-refractivity contribution in [3.05, 3.63) is 42.2 Å². The summed E-state index contributed by atoms with van der Waals surface area (Å²) in [6.07, 6.45) is -1.48. The highest BCUT2D eigenvalue weighted by atomic mass is 19.4. The zero-order chi connectivity index (χ0) is 12.5. The summed E-state index contributed by atoms with van der Waals surface area (Å²) in [6.45, 7) is 0. The lowest BCUT2D eigenvalue weighted by Gasteiger charge is -2.14. The number of hydrogen-bond acceptors (Lipinski definition) is 2. The monoisotopic (exact) mass is 241 g/mol. The number of alkyl halides is 3. The maximum absolute atomic E-state index is 12.8. The lowest BCUT2D eigenvalue weighted by molar-refractivity contribution is -0.137. The van der Waals surface area contributed by atoms with Crippen LogP contribution in [0.5, 0.6) is 0 Å². The SMILES string of the molecule is CNc1ccc(C(F)(F)F)c(-n2cccn2)c1. The Hall–Kier alpha value is -1.98. The van der Waals surface area contributed by atoms with Crippen LogP contribution < -0.4 is 5.32 Å². The molecule has 0 aliphatic rings. The first kappa shape index (κ1) is 11.5. The average molecular weight is 241 g/mol. The van der Waals surface area contributed by atoms with E-state index in [1.807, 2.05) is 0 Å². The van der Waals surface area contributed by atoms with Gasteiger partial charge in [-0.2, -0.15) is 18.3 Å². The fraction of sp³-hybridized carbons (Fsp3) is 0.182. The van der Waals surface area contributed by atoms with Crippen LogP contribution in [0.3, 0.4) is 0 Å². The Morgan fingerprint density at radius 3 is 2.59 bits per heavy atom. The van der Waals surface area contributed by atoms with E-state index < -0.39 is 11.7 Å². The van der Waals surface area contributed by atoms with E-state index in [4.69, 9.17) is 0 Å². The van der Waals surface area contributed by atoms with Crippen molar-refractivity contribution >= 4 is 5.69 Å². The largest absolute Gasteiger partial charge is 0.418 e. The third kappa shape index (κ3) is 2.25. The molecule has 3 nitrogen and oxygen atoms in total. The van der Waals surface area contributed by atoms with Gasteiger partial charge in [-0.3, -0.25) is 0 Å². The van der Waals surface area contributed by atoms with Crippen LogP contribution in [-0.2, 0) is 6.18 Å². The van der Waals surface area contributed by atoms with E-state index >= 15 is 0 Å². The van der Waals surface area contributed by atoms with Crippen LogP contribution in [0.25, 0.3) is 5.69 Å². The van der Waals surface area contributed by atoms with Gasteiger partial charge in [-0.1, -0.05) is 0 Å². The zero-order valence-electron chi connectivity index (χ0n) is 8.99. The van der Waals surface area contributed by atoms with Gasteiger partial charge in [0, 0.05) is 25.1 Å². The Balaban J connectivity index is 2.61. The summed E-state index contributed by atoms with van der Waals surface area (Å²) < 4.78 is 39.6. The second kappa shape index (κ2) is 4.12. The predicted octanol–water partition coefficient (Wildman–Crippen LogP) is 2.93. The molecule has 0 bridgehead atoms. The lowest BCUT2D eigenvalue weighted by Crippen LogP contribution is -2.11. The number of hydrogen-bond donors (Lipinski definition) is 1. The van der Waals surface area contributed by atoms with Gasteiger partial charge in [0.1, 0.15) is 0 Å². The summed E-state index contributed by atoms with van der Waals surface area (Å²) in [7, 11) is 1.65. The topological polar surface area (TPSA) is 29.9 Å². The standard InChI is InChI=1S/C11H10F3N3/c1-15-8-3-4-9(11(12,13)14)10(7-8)17-6-2-5-16-17/h2-7,15H,1H3. The van der Waals surface area contributed by atoms with Crippen molar-refractivity contribution in [1.29, 1.82) is 0 Å². The molecule has 90 valence electrons. The van der Waals surface area contributed by atoms with Crippen molar-refractivity contribution in [2.75, 3.05) is 12.4 Å². The van der Waals surface area contributed by atoms with Crippen molar-refractivity contribution in [3.63, 3.8) is 0 Å². The molecule has 0 atom stereocenters. The van der Waals surface area contributed by atoms with E-state index in [0.717, 1.165) is 6.07 Å². The van der Waals surface area contributed by atoms with Crippen LogP contribution in [-0.4, -0.2) is 16.8 Å². The van der Waals surface area contributed by atoms with Crippen LogP contribution in [0.1, 0.15) is 5.56 Å². The second-order valence-corrected chi connectivity index (χ2v) is 3.43. The summed E-state index contributed by atoms with van der Waals surface area (Å²) in [5.41, 5.74) is -0.0990. The van der Waals surface area contributed by atoms with Crippen molar-refractivity contribution in [2.24, 2.45) is 0 Å². The van der Waals surface area contributed by atoms with Gasteiger partial charge in [0.2, 0.25) is 0 Å². The van der Waals surface area contributed by atoms with Crippen LogP contribution in [0.2, 0.25) is 0 Å². The van der Waals surface area contributed by atoms with E-state index in [2.05, 4.69) is 10.4 Å². The molecule has 1 aromatic carbocycles. The van der Waals surface area contributed by atoms with Crippen molar-refractivity contribution < 1.29 is 13.2 Å². The molecule has 0 aliphatic carbocycles. The highest BCUT2D eigenvalue weighted by molar-refractivity contribution is 5.55. The van der Waals surface area contributed by atoms with Crippen molar-refractivity contribution in [1.82, 2.24) is 9.78 Å². The molecule has 0 radical (unpaired) electrons. The Bertz CT molecular complexity index is 503.